The fourth-order valence-electron chi connectivity index (χ4n) is 1.30. The molecular weight excluding hydrogens is 242 g/mol. The van der Waals surface area contributed by atoms with E-state index in [1.54, 1.807) is 13.8 Å². The maximum absolute atomic E-state index is 11.2. The van der Waals surface area contributed by atoms with E-state index >= 15 is 0 Å². The van der Waals surface area contributed by atoms with E-state index in [0.29, 0.717) is 19.4 Å². The molecule has 0 aliphatic rings. The number of esters is 1. The molecule has 0 saturated carbocycles. The van der Waals surface area contributed by atoms with E-state index in [-0.39, 0.29) is 5.70 Å². The molecule has 0 saturated heterocycles. The number of allylic oxidation sites excluding steroid dienone is 1. The fraction of sp³-hybridized carbons (Fsp3) is 0.733. The van der Waals surface area contributed by atoms with Crippen LogP contribution in [0.2, 0.25) is 0 Å². The van der Waals surface area contributed by atoms with Crippen molar-refractivity contribution in [3.05, 3.63) is 11.3 Å². The van der Waals surface area contributed by atoms with Crippen molar-refractivity contribution < 1.29 is 14.3 Å². The highest BCUT2D eigenvalue weighted by molar-refractivity contribution is 5.90. The minimum Gasteiger partial charge on any atom is -0.461 e. The number of nitrogens with one attached hydrogen (secondary N) is 1. The summed E-state index contributed by atoms with van der Waals surface area (Å²) in [4.78, 5) is 21.4. The summed E-state index contributed by atoms with van der Waals surface area (Å²) in [5.74, 6) is -0.478. The first-order valence-corrected chi connectivity index (χ1v) is 7.15. The summed E-state index contributed by atoms with van der Waals surface area (Å²) in [6.45, 7) is 10.2. The molecular formula is C15H29NO3. The Kier molecular flexibility index (Phi) is 15.5. The third-order valence-corrected chi connectivity index (χ3v) is 2.60. The van der Waals surface area contributed by atoms with Crippen molar-refractivity contribution in [2.45, 2.75) is 66.7 Å². The van der Waals surface area contributed by atoms with E-state index < -0.39 is 5.97 Å². The number of carbonyl (C=O) groups is 2. The minimum atomic E-state index is -0.478. The molecule has 1 N–H and O–H groups in total. The zero-order chi connectivity index (χ0) is 15.1. The van der Waals surface area contributed by atoms with Crippen LogP contribution in [0.3, 0.4) is 0 Å². The molecule has 0 fully saturated rings. The second-order valence-electron chi connectivity index (χ2n) is 4.20. The van der Waals surface area contributed by atoms with Gasteiger partial charge in [-0.1, -0.05) is 46.5 Å². The number of unbranched alkanes of at least 4 members (excludes halogenated alkanes) is 3. The van der Waals surface area contributed by atoms with Gasteiger partial charge >= 0.3 is 5.97 Å². The normalized spacial score (nSPS) is 10.8. The average molecular weight is 271 g/mol. The number of carbonyl (C=O) groups excluding carboxylic acids is 2. The molecule has 4 nitrogen and oxygen atoms in total. The SMILES string of the molecule is CCCCCC.CCOC(=O)/C(NC=O)=C(/C)CC. The lowest BCUT2D eigenvalue weighted by Gasteiger charge is -2.08. The third-order valence-electron chi connectivity index (χ3n) is 2.60. The molecule has 0 spiro atoms. The number of hydrogen-bond donors (Lipinski definition) is 1. The fourth-order valence-corrected chi connectivity index (χ4v) is 1.30. The van der Waals surface area contributed by atoms with Crippen molar-refractivity contribution in [1.82, 2.24) is 5.32 Å². The minimum absolute atomic E-state index is 0.249. The first kappa shape index (κ1) is 20.0. The Bertz CT molecular complexity index is 269. The Morgan fingerprint density at radius 1 is 1.11 bits per heavy atom. The van der Waals surface area contributed by atoms with Gasteiger partial charge in [-0.05, 0) is 25.8 Å². The zero-order valence-corrected chi connectivity index (χ0v) is 13.0. The van der Waals surface area contributed by atoms with Crippen molar-refractivity contribution in [3.8, 4) is 0 Å². The Hall–Kier alpha value is -1.32. The summed E-state index contributed by atoms with van der Waals surface area (Å²) in [6, 6.07) is 0. The van der Waals surface area contributed by atoms with E-state index in [2.05, 4.69) is 19.2 Å². The van der Waals surface area contributed by atoms with Crippen molar-refractivity contribution in [1.29, 1.82) is 0 Å². The highest BCUT2D eigenvalue weighted by Crippen LogP contribution is 2.06. The molecule has 0 atom stereocenters. The average Bonchev–Trinajstić information content (AvgIpc) is 2.42. The van der Waals surface area contributed by atoms with Crippen LogP contribution in [0.4, 0.5) is 0 Å². The number of amides is 1. The van der Waals surface area contributed by atoms with Gasteiger partial charge in [-0.25, -0.2) is 4.79 Å². The van der Waals surface area contributed by atoms with Crippen molar-refractivity contribution in [2.75, 3.05) is 6.61 Å². The Morgan fingerprint density at radius 2 is 1.63 bits per heavy atom. The molecule has 0 aromatic rings. The van der Waals surface area contributed by atoms with Gasteiger partial charge in [0.1, 0.15) is 5.70 Å². The third kappa shape index (κ3) is 11.5. The predicted molar refractivity (Wildman–Crippen MR) is 78.6 cm³/mol. The van der Waals surface area contributed by atoms with Crippen LogP contribution in [0.1, 0.15) is 66.7 Å². The van der Waals surface area contributed by atoms with Gasteiger partial charge in [0.05, 0.1) is 6.61 Å². The van der Waals surface area contributed by atoms with Crippen LogP contribution < -0.4 is 5.32 Å². The number of hydrogen-bond acceptors (Lipinski definition) is 3. The van der Waals surface area contributed by atoms with Gasteiger partial charge in [0.15, 0.2) is 0 Å². The largest absolute Gasteiger partial charge is 0.461 e. The smallest absolute Gasteiger partial charge is 0.354 e. The van der Waals surface area contributed by atoms with Gasteiger partial charge in [0.2, 0.25) is 6.41 Å². The monoisotopic (exact) mass is 271 g/mol. The van der Waals surface area contributed by atoms with E-state index in [1.807, 2.05) is 6.92 Å². The number of rotatable bonds is 8. The van der Waals surface area contributed by atoms with Gasteiger partial charge in [-0.15, -0.1) is 0 Å². The van der Waals surface area contributed by atoms with Gasteiger partial charge < -0.3 is 10.1 Å². The molecule has 0 unspecified atom stereocenters. The summed E-state index contributed by atoms with van der Waals surface area (Å²) in [5.41, 5.74) is 1.06. The summed E-state index contributed by atoms with van der Waals surface area (Å²) < 4.78 is 4.76. The van der Waals surface area contributed by atoms with Gasteiger partial charge in [0.25, 0.3) is 0 Å². The second kappa shape index (κ2) is 14.7. The topological polar surface area (TPSA) is 55.4 Å². The summed E-state index contributed by atoms with van der Waals surface area (Å²) >= 11 is 0. The van der Waals surface area contributed by atoms with Crippen molar-refractivity contribution in [3.63, 3.8) is 0 Å². The van der Waals surface area contributed by atoms with Crippen molar-refractivity contribution >= 4 is 12.4 Å². The molecule has 0 aromatic heterocycles. The van der Waals surface area contributed by atoms with Crippen LogP contribution in [0.5, 0.6) is 0 Å². The maximum atomic E-state index is 11.2. The zero-order valence-electron chi connectivity index (χ0n) is 13.0. The van der Waals surface area contributed by atoms with Gasteiger partial charge in [-0.2, -0.15) is 0 Å². The Balaban J connectivity index is 0. The molecule has 0 heterocycles. The van der Waals surface area contributed by atoms with Crippen LogP contribution in [-0.2, 0) is 14.3 Å². The van der Waals surface area contributed by atoms with Crippen LogP contribution in [0.15, 0.2) is 11.3 Å². The molecule has 4 heteroatoms. The highest BCUT2D eigenvalue weighted by atomic mass is 16.5. The standard InChI is InChI=1S/C9H15NO3.C6H14/c1-4-7(3)8(10-6-11)9(12)13-5-2;1-3-5-6-4-2/h6H,4-5H2,1-3H3,(H,10,11);3-6H2,1-2H3/b8-7+;. The Labute approximate surface area is 117 Å². The van der Waals surface area contributed by atoms with Crippen LogP contribution >= 0.6 is 0 Å². The van der Waals surface area contributed by atoms with E-state index in [9.17, 15) is 9.59 Å². The summed E-state index contributed by atoms with van der Waals surface area (Å²) in [5, 5.41) is 2.34. The van der Waals surface area contributed by atoms with E-state index in [0.717, 1.165) is 5.57 Å². The quantitative estimate of drug-likeness (QED) is 0.318. The Morgan fingerprint density at radius 3 is 1.95 bits per heavy atom. The number of ether oxygens (including phenoxy) is 1. The van der Waals surface area contributed by atoms with Gasteiger partial charge in [-0.3, -0.25) is 4.79 Å². The predicted octanol–water partition coefficient (Wildman–Crippen LogP) is 3.57. The lowest BCUT2D eigenvalue weighted by Crippen LogP contribution is -2.22. The van der Waals surface area contributed by atoms with Crippen molar-refractivity contribution in [2.24, 2.45) is 0 Å². The molecule has 0 bridgehead atoms. The van der Waals surface area contributed by atoms with E-state index in [4.69, 9.17) is 4.74 Å². The molecule has 19 heavy (non-hydrogen) atoms. The van der Waals surface area contributed by atoms with E-state index in [1.165, 1.54) is 25.7 Å². The molecule has 1 amide bonds. The lowest BCUT2D eigenvalue weighted by atomic mass is 10.2. The molecule has 0 rings (SSSR count). The van der Waals surface area contributed by atoms with Crippen LogP contribution in [-0.4, -0.2) is 19.0 Å². The molecule has 0 radical (unpaired) electrons. The molecule has 0 aliphatic heterocycles. The molecule has 0 aromatic carbocycles. The first-order valence-electron chi connectivity index (χ1n) is 7.15. The summed E-state index contributed by atoms with van der Waals surface area (Å²) in [6.07, 6.45) is 6.72. The lowest BCUT2D eigenvalue weighted by molar-refractivity contribution is -0.139. The van der Waals surface area contributed by atoms with Crippen LogP contribution in [0, 0.1) is 0 Å². The summed E-state index contributed by atoms with van der Waals surface area (Å²) in [7, 11) is 0. The molecule has 112 valence electrons. The molecule has 0 aliphatic carbocycles. The maximum Gasteiger partial charge on any atom is 0.354 e. The highest BCUT2D eigenvalue weighted by Gasteiger charge is 2.11. The van der Waals surface area contributed by atoms with Gasteiger partial charge in [0, 0.05) is 0 Å². The van der Waals surface area contributed by atoms with Crippen LogP contribution in [0.25, 0.3) is 0 Å². The first-order chi connectivity index (χ1) is 9.08. The second-order valence-corrected chi connectivity index (χ2v) is 4.20.